The van der Waals surface area contributed by atoms with Gasteiger partial charge in [0, 0.05) is 42.2 Å². The largest absolute Gasteiger partial charge is 0.497 e. The molecule has 3 aromatic rings. The first-order valence-corrected chi connectivity index (χ1v) is 7.57. The Morgan fingerprint density at radius 2 is 1.87 bits per heavy atom. The van der Waals surface area contributed by atoms with Crippen LogP contribution in [0.3, 0.4) is 0 Å². The second kappa shape index (κ2) is 5.81. The number of nitrogens with zero attached hydrogens (tertiary/aromatic N) is 3. The van der Waals surface area contributed by atoms with Crippen LogP contribution in [-0.4, -0.2) is 33.6 Å². The van der Waals surface area contributed by atoms with E-state index in [1.165, 1.54) is 5.69 Å². The summed E-state index contributed by atoms with van der Waals surface area (Å²) >= 11 is 0. The molecule has 1 aromatic carbocycles. The number of methoxy groups -OCH3 is 1. The molecule has 0 unspecified atom stereocenters. The summed E-state index contributed by atoms with van der Waals surface area (Å²) in [4.78, 5) is 16.6. The molecule has 0 radical (unpaired) electrons. The molecular formula is C17H17N5O. The van der Waals surface area contributed by atoms with Crippen molar-refractivity contribution in [2.45, 2.75) is 12.5 Å². The molecule has 1 aliphatic heterocycles. The molecule has 2 aromatic heterocycles. The first kappa shape index (κ1) is 13.9. The molecule has 3 heterocycles. The minimum Gasteiger partial charge on any atom is -0.497 e. The third-order valence-electron chi connectivity index (χ3n) is 4.10. The van der Waals surface area contributed by atoms with Crippen LogP contribution in [0.2, 0.25) is 0 Å². The molecule has 2 N–H and O–H groups in total. The van der Waals surface area contributed by atoms with Crippen molar-refractivity contribution in [1.82, 2.24) is 25.3 Å². The van der Waals surface area contributed by atoms with Gasteiger partial charge in [0.25, 0.3) is 0 Å². The number of hydrogen-bond donors (Lipinski definition) is 2. The highest BCUT2D eigenvalue weighted by molar-refractivity contribution is 5.56. The number of ether oxygens (including phenoxy) is 1. The number of nitrogens with one attached hydrogen (secondary N) is 2. The molecule has 0 aliphatic carbocycles. The average Bonchev–Trinajstić information content (AvgIpc) is 3.11. The highest BCUT2D eigenvalue weighted by atomic mass is 16.5. The Balaban J connectivity index is 1.61. The van der Waals surface area contributed by atoms with Gasteiger partial charge >= 0.3 is 0 Å². The van der Waals surface area contributed by atoms with Crippen LogP contribution in [0.15, 0.2) is 43.0 Å². The molecule has 0 bridgehead atoms. The Bertz CT molecular complexity index is 795. The lowest BCUT2D eigenvalue weighted by atomic mass is 10.0. The quantitative estimate of drug-likeness (QED) is 0.775. The summed E-state index contributed by atoms with van der Waals surface area (Å²) < 4.78 is 5.17. The molecule has 4 rings (SSSR count). The van der Waals surface area contributed by atoms with E-state index in [9.17, 15) is 0 Å². The van der Waals surface area contributed by atoms with Crippen LogP contribution in [0, 0.1) is 0 Å². The molecule has 116 valence electrons. The topological polar surface area (TPSA) is 75.7 Å². The Hall–Kier alpha value is -2.73. The second-order valence-electron chi connectivity index (χ2n) is 5.47. The van der Waals surface area contributed by atoms with E-state index in [0.717, 1.165) is 35.5 Å². The molecule has 6 heteroatoms. The Morgan fingerprint density at radius 3 is 2.61 bits per heavy atom. The number of H-pyrrole nitrogens is 1. The molecule has 0 amide bonds. The van der Waals surface area contributed by atoms with Crippen molar-refractivity contribution in [2.24, 2.45) is 0 Å². The summed E-state index contributed by atoms with van der Waals surface area (Å²) in [7, 11) is 1.65. The summed E-state index contributed by atoms with van der Waals surface area (Å²) in [6, 6.07) is 7.78. The molecule has 0 saturated heterocycles. The van der Waals surface area contributed by atoms with Gasteiger partial charge in [-0.15, -0.1) is 0 Å². The maximum Gasteiger partial charge on any atom is 0.159 e. The minimum absolute atomic E-state index is 0.0508. The van der Waals surface area contributed by atoms with E-state index in [4.69, 9.17) is 4.74 Å². The maximum atomic E-state index is 5.17. The van der Waals surface area contributed by atoms with E-state index in [1.54, 1.807) is 13.4 Å². The van der Waals surface area contributed by atoms with Gasteiger partial charge < -0.3 is 15.0 Å². The van der Waals surface area contributed by atoms with Crippen molar-refractivity contribution >= 4 is 0 Å². The SMILES string of the molecule is COc1ccc(-c2ncc([C@@H]3NCCc4[nH]cnc43)cn2)cc1. The van der Waals surface area contributed by atoms with Crippen LogP contribution in [0.5, 0.6) is 5.75 Å². The van der Waals surface area contributed by atoms with Crippen molar-refractivity contribution in [3.8, 4) is 17.1 Å². The highest BCUT2D eigenvalue weighted by Gasteiger charge is 2.24. The summed E-state index contributed by atoms with van der Waals surface area (Å²) in [5, 5.41) is 3.47. The zero-order chi connectivity index (χ0) is 15.6. The van der Waals surface area contributed by atoms with Gasteiger partial charge in [-0.25, -0.2) is 15.0 Å². The summed E-state index contributed by atoms with van der Waals surface area (Å²) in [5.74, 6) is 1.53. The third kappa shape index (κ3) is 2.57. The average molecular weight is 307 g/mol. The first-order chi connectivity index (χ1) is 11.3. The fraction of sp³-hybridized carbons (Fsp3) is 0.235. The predicted molar refractivity (Wildman–Crippen MR) is 86.2 cm³/mol. The molecule has 23 heavy (non-hydrogen) atoms. The monoisotopic (exact) mass is 307 g/mol. The zero-order valence-electron chi connectivity index (χ0n) is 12.8. The van der Waals surface area contributed by atoms with Crippen LogP contribution in [0.1, 0.15) is 23.0 Å². The number of aromatic nitrogens is 4. The van der Waals surface area contributed by atoms with Gasteiger partial charge in [-0.2, -0.15) is 0 Å². The minimum atomic E-state index is 0.0508. The lowest BCUT2D eigenvalue weighted by Gasteiger charge is -2.22. The number of benzene rings is 1. The number of fused-ring (bicyclic) bond motifs is 1. The van der Waals surface area contributed by atoms with Crippen LogP contribution in [-0.2, 0) is 6.42 Å². The van der Waals surface area contributed by atoms with Gasteiger partial charge in [-0.1, -0.05) is 0 Å². The molecule has 0 fully saturated rings. The highest BCUT2D eigenvalue weighted by Crippen LogP contribution is 2.26. The smallest absolute Gasteiger partial charge is 0.159 e. The molecule has 6 nitrogen and oxygen atoms in total. The fourth-order valence-corrected chi connectivity index (χ4v) is 2.87. The molecule has 0 saturated carbocycles. The maximum absolute atomic E-state index is 5.17. The van der Waals surface area contributed by atoms with E-state index >= 15 is 0 Å². The molecule has 1 aliphatic rings. The number of aromatic amines is 1. The lowest BCUT2D eigenvalue weighted by Crippen LogP contribution is -2.30. The van der Waals surface area contributed by atoms with Crippen molar-refractivity contribution in [3.63, 3.8) is 0 Å². The van der Waals surface area contributed by atoms with E-state index in [1.807, 2.05) is 36.7 Å². The lowest BCUT2D eigenvalue weighted by molar-refractivity contribution is 0.415. The van der Waals surface area contributed by atoms with Crippen LogP contribution >= 0.6 is 0 Å². The number of rotatable bonds is 3. The van der Waals surface area contributed by atoms with Crippen molar-refractivity contribution in [1.29, 1.82) is 0 Å². The van der Waals surface area contributed by atoms with Gasteiger partial charge in [-0.05, 0) is 24.3 Å². The van der Waals surface area contributed by atoms with E-state index < -0.39 is 0 Å². The Labute approximate surface area is 134 Å². The third-order valence-corrected chi connectivity index (χ3v) is 4.10. The normalized spacial score (nSPS) is 16.8. The predicted octanol–water partition coefficient (Wildman–Crippen LogP) is 2.11. The van der Waals surface area contributed by atoms with Crippen LogP contribution in [0.25, 0.3) is 11.4 Å². The van der Waals surface area contributed by atoms with Crippen LogP contribution in [0.4, 0.5) is 0 Å². The zero-order valence-corrected chi connectivity index (χ0v) is 12.8. The second-order valence-corrected chi connectivity index (χ2v) is 5.47. The fourth-order valence-electron chi connectivity index (χ4n) is 2.87. The van der Waals surface area contributed by atoms with Crippen molar-refractivity contribution in [2.75, 3.05) is 13.7 Å². The molecular weight excluding hydrogens is 290 g/mol. The standard InChI is InChI=1S/C17H17N5O/c1-23-13-4-2-11(3-5-13)17-19-8-12(9-20-17)15-16-14(6-7-18-15)21-10-22-16/h2-5,8-10,15,18H,6-7H2,1H3,(H,21,22)/t15-/m0/s1. The van der Waals surface area contributed by atoms with Crippen molar-refractivity contribution < 1.29 is 4.74 Å². The molecule has 0 spiro atoms. The van der Waals surface area contributed by atoms with Crippen LogP contribution < -0.4 is 10.1 Å². The Morgan fingerprint density at radius 1 is 1.09 bits per heavy atom. The number of imidazole rings is 1. The summed E-state index contributed by atoms with van der Waals surface area (Å²) in [6.45, 7) is 0.917. The summed E-state index contributed by atoms with van der Waals surface area (Å²) in [6.07, 6.45) is 6.45. The van der Waals surface area contributed by atoms with Gasteiger partial charge in [-0.3, -0.25) is 0 Å². The van der Waals surface area contributed by atoms with E-state index in [0.29, 0.717) is 5.82 Å². The first-order valence-electron chi connectivity index (χ1n) is 7.57. The molecule has 1 atom stereocenters. The van der Waals surface area contributed by atoms with Gasteiger partial charge in [0.15, 0.2) is 5.82 Å². The van der Waals surface area contributed by atoms with E-state index in [-0.39, 0.29) is 6.04 Å². The Kier molecular flexibility index (Phi) is 3.51. The van der Waals surface area contributed by atoms with E-state index in [2.05, 4.69) is 25.3 Å². The van der Waals surface area contributed by atoms with Crippen molar-refractivity contribution in [3.05, 3.63) is 59.9 Å². The number of hydrogen-bond acceptors (Lipinski definition) is 5. The summed E-state index contributed by atoms with van der Waals surface area (Å²) in [5.41, 5.74) is 4.22. The van der Waals surface area contributed by atoms with Gasteiger partial charge in [0.05, 0.1) is 25.2 Å². The van der Waals surface area contributed by atoms with Gasteiger partial charge in [0.2, 0.25) is 0 Å². The van der Waals surface area contributed by atoms with Gasteiger partial charge in [0.1, 0.15) is 5.75 Å².